The van der Waals surface area contributed by atoms with Crippen LogP contribution in [0, 0.1) is 5.92 Å². The molecule has 2 N–H and O–H groups in total. The van der Waals surface area contributed by atoms with Crippen LogP contribution < -0.4 is 10.6 Å². The molecule has 1 unspecified atom stereocenters. The highest BCUT2D eigenvalue weighted by Crippen LogP contribution is 2.30. The van der Waals surface area contributed by atoms with Crippen molar-refractivity contribution in [2.75, 3.05) is 0 Å². The molecule has 2 amide bonds. The number of carbonyl (C=O) groups is 1. The third-order valence-electron chi connectivity index (χ3n) is 4.67. The first-order valence-electron chi connectivity index (χ1n) is 8.42. The van der Waals surface area contributed by atoms with Crippen LogP contribution in [0.5, 0.6) is 0 Å². The van der Waals surface area contributed by atoms with E-state index in [4.69, 9.17) is 0 Å². The Morgan fingerprint density at radius 2 is 1.91 bits per heavy atom. The van der Waals surface area contributed by atoms with Crippen molar-refractivity contribution in [3.63, 3.8) is 0 Å². The van der Waals surface area contributed by atoms with Crippen molar-refractivity contribution in [1.29, 1.82) is 0 Å². The van der Waals surface area contributed by atoms with Crippen molar-refractivity contribution in [2.45, 2.75) is 58.9 Å². The molecule has 0 spiro atoms. The fourth-order valence-electron chi connectivity index (χ4n) is 3.04. The van der Waals surface area contributed by atoms with Gasteiger partial charge in [-0.2, -0.15) is 0 Å². The zero-order valence-electron chi connectivity index (χ0n) is 14.0. The van der Waals surface area contributed by atoms with Crippen molar-refractivity contribution in [3.05, 3.63) is 47.2 Å². The molecule has 0 aromatic heterocycles. The maximum Gasteiger partial charge on any atom is 0.319 e. The molecule has 1 fully saturated rings. The number of carbonyl (C=O) groups excluding carboxylic acids is 1. The standard InChI is InChI=1S/C19H28N2O/c1-4-16-9-11-18(12-10-16)15(3)21-19(22)20-13-14(2)17-7-5-6-8-17/h9-13,15,17H,4-8H2,1-3H3,(H2,20,21,22)/b14-13+. The summed E-state index contributed by atoms with van der Waals surface area (Å²) in [6, 6.07) is 8.29. The van der Waals surface area contributed by atoms with E-state index in [0.717, 1.165) is 12.0 Å². The Bertz CT molecular complexity index is 513. The van der Waals surface area contributed by atoms with Crippen molar-refractivity contribution < 1.29 is 4.79 Å². The summed E-state index contributed by atoms with van der Waals surface area (Å²) in [5.74, 6) is 0.652. The van der Waals surface area contributed by atoms with Crippen LogP contribution >= 0.6 is 0 Å². The second kappa shape index (κ2) is 8.02. The van der Waals surface area contributed by atoms with Crippen LogP contribution in [0.4, 0.5) is 4.79 Å². The van der Waals surface area contributed by atoms with E-state index in [0.29, 0.717) is 5.92 Å². The highest BCUT2D eigenvalue weighted by atomic mass is 16.2. The number of hydrogen-bond donors (Lipinski definition) is 2. The molecule has 1 aromatic rings. The van der Waals surface area contributed by atoms with E-state index in [9.17, 15) is 4.79 Å². The summed E-state index contributed by atoms with van der Waals surface area (Å²) in [7, 11) is 0. The first-order valence-corrected chi connectivity index (χ1v) is 8.42. The predicted molar refractivity (Wildman–Crippen MR) is 91.6 cm³/mol. The molecule has 0 radical (unpaired) electrons. The minimum Gasteiger partial charge on any atom is -0.331 e. The van der Waals surface area contributed by atoms with Crippen LogP contribution in [-0.4, -0.2) is 6.03 Å². The lowest BCUT2D eigenvalue weighted by Crippen LogP contribution is -2.34. The zero-order valence-corrected chi connectivity index (χ0v) is 14.0. The number of nitrogens with one attached hydrogen (secondary N) is 2. The Morgan fingerprint density at radius 3 is 2.50 bits per heavy atom. The molecule has 2 rings (SSSR count). The molecule has 1 saturated carbocycles. The molecule has 0 bridgehead atoms. The van der Waals surface area contributed by atoms with Crippen molar-refractivity contribution in [2.24, 2.45) is 5.92 Å². The second-order valence-electron chi connectivity index (χ2n) is 6.30. The monoisotopic (exact) mass is 300 g/mol. The molecule has 3 nitrogen and oxygen atoms in total. The fraction of sp³-hybridized carbons (Fsp3) is 0.526. The third-order valence-corrected chi connectivity index (χ3v) is 4.67. The smallest absolute Gasteiger partial charge is 0.319 e. The summed E-state index contributed by atoms with van der Waals surface area (Å²) in [6.07, 6.45) is 8.04. The molecule has 1 aliphatic rings. The molecule has 22 heavy (non-hydrogen) atoms. The molecule has 1 aromatic carbocycles. The second-order valence-corrected chi connectivity index (χ2v) is 6.30. The summed E-state index contributed by atoms with van der Waals surface area (Å²) in [5.41, 5.74) is 3.73. The number of rotatable bonds is 5. The Morgan fingerprint density at radius 1 is 1.27 bits per heavy atom. The van der Waals surface area contributed by atoms with Crippen LogP contribution in [-0.2, 0) is 6.42 Å². The maximum atomic E-state index is 12.0. The molecule has 3 heteroatoms. The van der Waals surface area contributed by atoms with Crippen molar-refractivity contribution >= 4 is 6.03 Å². The first-order chi connectivity index (χ1) is 10.6. The highest BCUT2D eigenvalue weighted by Gasteiger charge is 2.16. The lowest BCUT2D eigenvalue weighted by molar-refractivity contribution is 0.241. The molecule has 0 heterocycles. The summed E-state index contributed by atoms with van der Waals surface area (Å²) in [4.78, 5) is 12.0. The Hall–Kier alpha value is -1.77. The van der Waals surface area contributed by atoms with E-state index in [1.807, 2.05) is 13.1 Å². The van der Waals surface area contributed by atoms with Crippen LogP contribution in [0.2, 0.25) is 0 Å². The highest BCUT2D eigenvalue weighted by molar-refractivity contribution is 5.75. The van der Waals surface area contributed by atoms with E-state index in [1.54, 1.807) is 0 Å². The lowest BCUT2D eigenvalue weighted by Gasteiger charge is -2.15. The minimum atomic E-state index is -0.135. The topological polar surface area (TPSA) is 41.1 Å². The van der Waals surface area contributed by atoms with Gasteiger partial charge in [0.15, 0.2) is 0 Å². The predicted octanol–water partition coefficient (Wildman–Crippen LogP) is 4.70. The lowest BCUT2D eigenvalue weighted by atomic mass is 10.0. The van der Waals surface area contributed by atoms with Gasteiger partial charge in [-0.05, 0) is 50.2 Å². The molecule has 0 aliphatic heterocycles. The minimum absolute atomic E-state index is 0.00564. The average molecular weight is 300 g/mol. The number of benzene rings is 1. The summed E-state index contributed by atoms with van der Waals surface area (Å²) in [5, 5.41) is 5.86. The number of urea groups is 1. The Labute approximate surface area is 134 Å². The quantitative estimate of drug-likeness (QED) is 0.813. The van der Waals surface area contributed by atoms with Crippen molar-refractivity contribution in [3.8, 4) is 0 Å². The van der Waals surface area contributed by atoms with E-state index in [2.05, 4.69) is 48.7 Å². The number of allylic oxidation sites excluding steroid dienone is 1. The van der Waals surface area contributed by atoms with Gasteiger partial charge >= 0.3 is 6.03 Å². The molecule has 0 saturated heterocycles. The zero-order chi connectivity index (χ0) is 15.9. The van der Waals surface area contributed by atoms with Gasteiger partial charge in [0.1, 0.15) is 0 Å². The van der Waals surface area contributed by atoms with Gasteiger partial charge in [0.05, 0.1) is 6.04 Å². The van der Waals surface area contributed by atoms with Crippen LogP contribution in [0.15, 0.2) is 36.0 Å². The van der Waals surface area contributed by atoms with Crippen molar-refractivity contribution in [1.82, 2.24) is 10.6 Å². The van der Waals surface area contributed by atoms with Gasteiger partial charge in [0.2, 0.25) is 0 Å². The summed E-state index contributed by atoms with van der Waals surface area (Å²) >= 11 is 0. The molecular formula is C19H28N2O. The molecule has 1 atom stereocenters. The van der Waals surface area contributed by atoms with E-state index >= 15 is 0 Å². The third kappa shape index (κ3) is 4.62. The van der Waals surface area contributed by atoms with Gasteiger partial charge in [-0.15, -0.1) is 0 Å². The normalized spacial score (nSPS) is 17.3. The molecule has 1 aliphatic carbocycles. The summed E-state index contributed by atoms with van der Waals surface area (Å²) in [6.45, 7) is 6.26. The van der Waals surface area contributed by atoms with Crippen LogP contribution in [0.1, 0.15) is 63.6 Å². The summed E-state index contributed by atoms with van der Waals surface area (Å²) < 4.78 is 0. The van der Waals surface area contributed by atoms with E-state index < -0.39 is 0 Å². The SMILES string of the molecule is CCc1ccc(C(C)NC(=O)N/C=C(\C)C2CCCC2)cc1. The first kappa shape index (κ1) is 16.6. The largest absolute Gasteiger partial charge is 0.331 e. The van der Waals surface area contributed by atoms with Gasteiger partial charge in [-0.3, -0.25) is 0 Å². The average Bonchev–Trinajstić information content (AvgIpc) is 3.07. The molecular weight excluding hydrogens is 272 g/mol. The van der Waals surface area contributed by atoms with Gasteiger partial charge in [-0.1, -0.05) is 49.6 Å². The number of aryl methyl sites for hydroxylation is 1. The Balaban J connectivity index is 1.83. The number of amides is 2. The van der Waals surface area contributed by atoms with Gasteiger partial charge < -0.3 is 10.6 Å². The van der Waals surface area contributed by atoms with Crippen LogP contribution in [0.3, 0.4) is 0 Å². The fourth-order valence-corrected chi connectivity index (χ4v) is 3.04. The number of hydrogen-bond acceptors (Lipinski definition) is 1. The van der Waals surface area contributed by atoms with E-state index in [1.165, 1.54) is 36.8 Å². The maximum absolute atomic E-state index is 12.0. The Kier molecular flexibility index (Phi) is 6.05. The van der Waals surface area contributed by atoms with Crippen LogP contribution in [0.25, 0.3) is 0 Å². The van der Waals surface area contributed by atoms with Gasteiger partial charge in [0, 0.05) is 6.20 Å². The van der Waals surface area contributed by atoms with Gasteiger partial charge in [-0.25, -0.2) is 4.79 Å². The van der Waals surface area contributed by atoms with Gasteiger partial charge in [0.25, 0.3) is 0 Å². The van der Waals surface area contributed by atoms with E-state index in [-0.39, 0.29) is 12.1 Å². The molecule has 120 valence electrons.